The Labute approximate surface area is 112 Å². The van der Waals surface area contributed by atoms with Crippen molar-refractivity contribution in [1.29, 1.82) is 0 Å². The van der Waals surface area contributed by atoms with E-state index in [1.807, 2.05) is 6.07 Å². The number of hydrogen-bond donors (Lipinski definition) is 1. The molecule has 1 aliphatic rings. The van der Waals surface area contributed by atoms with Crippen LogP contribution in [0.4, 0.5) is 5.69 Å². The van der Waals surface area contributed by atoms with Crippen LogP contribution in [0.15, 0.2) is 43.5 Å². The van der Waals surface area contributed by atoms with Crippen molar-refractivity contribution in [3.63, 3.8) is 0 Å². The number of rotatable bonds is 5. The molecule has 0 bridgehead atoms. The van der Waals surface area contributed by atoms with Crippen molar-refractivity contribution >= 4 is 17.5 Å². The molecule has 4 nitrogen and oxygen atoms in total. The van der Waals surface area contributed by atoms with Gasteiger partial charge >= 0.3 is 0 Å². The van der Waals surface area contributed by atoms with Gasteiger partial charge in [0.1, 0.15) is 0 Å². The first kappa shape index (κ1) is 13.1. The third-order valence-corrected chi connectivity index (χ3v) is 2.97. The van der Waals surface area contributed by atoms with Gasteiger partial charge in [0.2, 0.25) is 5.91 Å². The van der Waals surface area contributed by atoms with Crippen LogP contribution in [-0.4, -0.2) is 29.8 Å². The standard InChI is InChI=1S/C15H16N2O2/c1-3-7-17(8-4-2)15(19)12-6-5-11-10-14(18)16-13(11)9-12/h3-6,9H,1-2,7-8,10H2,(H,16,18). The van der Waals surface area contributed by atoms with Gasteiger partial charge in [0.15, 0.2) is 0 Å². The summed E-state index contributed by atoms with van der Waals surface area (Å²) in [5, 5.41) is 2.75. The molecule has 2 amide bonds. The van der Waals surface area contributed by atoms with E-state index in [0.29, 0.717) is 25.1 Å². The third-order valence-electron chi connectivity index (χ3n) is 2.97. The third kappa shape index (κ3) is 2.73. The molecule has 98 valence electrons. The quantitative estimate of drug-likeness (QED) is 0.819. The molecule has 0 saturated carbocycles. The number of nitrogens with zero attached hydrogens (tertiary/aromatic N) is 1. The van der Waals surface area contributed by atoms with E-state index >= 15 is 0 Å². The highest BCUT2D eigenvalue weighted by atomic mass is 16.2. The Bertz CT molecular complexity index is 539. The van der Waals surface area contributed by atoms with Crippen LogP contribution < -0.4 is 5.32 Å². The second-order valence-corrected chi connectivity index (χ2v) is 4.38. The van der Waals surface area contributed by atoms with Gasteiger partial charge in [-0.2, -0.15) is 0 Å². The fourth-order valence-electron chi connectivity index (χ4n) is 2.08. The zero-order chi connectivity index (χ0) is 13.8. The van der Waals surface area contributed by atoms with Crippen LogP contribution in [0, 0.1) is 0 Å². The Morgan fingerprint density at radius 3 is 2.63 bits per heavy atom. The fraction of sp³-hybridized carbons (Fsp3) is 0.200. The predicted octanol–water partition coefficient (Wildman–Crippen LogP) is 2.00. The van der Waals surface area contributed by atoms with E-state index in [2.05, 4.69) is 18.5 Å². The summed E-state index contributed by atoms with van der Waals surface area (Å²) >= 11 is 0. The molecule has 1 N–H and O–H groups in total. The first-order valence-corrected chi connectivity index (χ1v) is 6.09. The lowest BCUT2D eigenvalue weighted by molar-refractivity contribution is -0.115. The zero-order valence-corrected chi connectivity index (χ0v) is 10.7. The van der Waals surface area contributed by atoms with Crippen molar-refractivity contribution in [3.8, 4) is 0 Å². The van der Waals surface area contributed by atoms with Crippen molar-refractivity contribution in [2.75, 3.05) is 18.4 Å². The molecule has 1 aromatic rings. The summed E-state index contributed by atoms with van der Waals surface area (Å²) in [4.78, 5) is 25.2. The molecule has 0 aromatic heterocycles. The maximum Gasteiger partial charge on any atom is 0.254 e. The summed E-state index contributed by atoms with van der Waals surface area (Å²) in [7, 11) is 0. The number of nitrogens with one attached hydrogen (secondary N) is 1. The van der Waals surface area contributed by atoms with E-state index in [0.717, 1.165) is 11.3 Å². The molecule has 0 atom stereocenters. The first-order chi connectivity index (χ1) is 9.15. The Balaban J connectivity index is 2.24. The summed E-state index contributed by atoms with van der Waals surface area (Å²) in [6.07, 6.45) is 3.74. The summed E-state index contributed by atoms with van der Waals surface area (Å²) in [6, 6.07) is 5.29. The number of carbonyl (C=O) groups excluding carboxylic acids is 2. The maximum atomic E-state index is 12.3. The Morgan fingerprint density at radius 1 is 1.32 bits per heavy atom. The number of benzene rings is 1. The lowest BCUT2D eigenvalue weighted by atomic mass is 10.1. The van der Waals surface area contributed by atoms with E-state index in [9.17, 15) is 9.59 Å². The van der Waals surface area contributed by atoms with E-state index < -0.39 is 0 Å². The smallest absolute Gasteiger partial charge is 0.254 e. The highest BCUT2D eigenvalue weighted by molar-refractivity contribution is 6.02. The topological polar surface area (TPSA) is 49.4 Å². The van der Waals surface area contributed by atoms with Gasteiger partial charge in [-0.3, -0.25) is 9.59 Å². The van der Waals surface area contributed by atoms with Gasteiger partial charge in [0.25, 0.3) is 5.91 Å². The molecule has 0 spiro atoms. The minimum atomic E-state index is -0.0938. The fourth-order valence-corrected chi connectivity index (χ4v) is 2.08. The van der Waals surface area contributed by atoms with Crippen molar-refractivity contribution in [1.82, 2.24) is 4.90 Å². The Hall–Kier alpha value is -2.36. The van der Waals surface area contributed by atoms with Gasteiger partial charge < -0.3 is 10.2 Å². The number of hydrogen-bond acceptors (Lipinski definition) is 2. The van der Waals surface area contributed by atoms with Gasteiger partial charge in [-0.25, -0.2) is 0 Å². The van der Waals surface area contributed by atoms with Crippen LogP contribution in [0.2, 0.25) is 0 Å². The van der Waals surface area contributed by atoms with Crippen LogP contribution in [0.3, 0.4) is 0 Å². The normalized spacial score (nSPS) is 12.5. The largest absolute Gasteiger partial charge is 0.331 e. The monoisotopic (exact) mass is 256 g/mol. The van der Waals surface area contributed by atoms with Gasteiger partial charge in [0.05, 0.1) is 6.42 Å². The van der Waals surface area contributed by atoms with Gasteiger partial charge in [0, 0.05) is 24.3 Å². The Morgan fingerprint density at radius 2 is 2.00 bits per heavy atom. The molecule has 4 heteroatoms. The average Bonchev–Trinajstić information content (AvgIpc) is 2.76. The van der Waals surface area contributed by atoms with Crippen molar-refractivity contribution < 1.29 is 9.59 Å². The lowest BCUT2D eigenvalue weighted by Crippen LogP contribution is -2.31. The molecule has 19 heavy (non-hydrogen) atoms. The molecule has 0 saturated heterocycles. The minimum Gasteiger partial charge on any atom is -0.331 e. The van der Waals surface area contributed by atoms with Crippen LogP contribution in [0.25, 0.3) is 0 Å². The van der Waals surface area contributed by atoms with E-state index in [4.69, 9.17) is 0 Å². The molecule has 0 fully saturated rings. The van der Waals surface area contributed by atoms with Crippen molar-refractivity contribution in [2.45, 2.75) is 6.42 Å². The molecule has 1 aromatic carbocycles. The molecular formula is C15H16N2O2. The molecule has 0 radical (unpaired) electrons. The summed E-state index contributed by atoms with van der Waals surface area (Å²) in [5.41, 5.74) is 2.22. The van der Waals surface area contributed by atoms with Crippen LogP contribution in [0.1, 0.15) is 15.9 Å². The number of fused-ring (bicyclic) bond motifs is 1. The zero-order valence-electron chi connectivity index (χ0n) is 10.7. The number of carbonyl (C=O) groups is 2. The predicted molar refractivity (Wildman–Crippen MR) is 75.1 cm³/mol. The second-order valence-electron chi connectivity index (χ2n) is 4.38. The van der Waals surface area contributed by atoms with Gasteiger partial charge in [-0.05, 0) is 17.7 Å². The molecule has 0 aliphatic carbocycles. The summed E-state index contributed by atoms with van der Waals surface area (Å²) in [5.74, 6) is -0.127. The number of anilines is 1. The highest BCUT2D eigenvalue weighted by Crippen LogP contribution is 2.24. The molecule has 1 heterocycles. The minimum absolute atomic E-state index is 0.0337. The Kier molecular flexibility index (Phi) is 3.80. The summed E-state index contributed by atoms with van der Waals surface area (Å²) in [6.45, 7) is 8.22. The maximum absolute atomic E-state index is 12.3. The van der Waals surface area contributed by atoms with Crippen molar-refractivity contribution in [3.05, 3.63) is 54.6 Å². The van der Waals surface area contributed by atoms with Crippen molar-refractivity contribution in [2.24, 2.45) is 0 Å². The molecular weight excluding hydrogens is 240 g/mol. The number of amides is 2. The first-order valence-electron chi connectivity index (χ1n) is 6.09. The van der Waals surface area contributed by atoms with E-state index in [1.165, 1.54) is 0 Å². The van der Waals surface area contributed by atoms with E-state index in [-0.39, 0.29) is 11.8 Å². The highest BCUT2D eigenvalue weighted by Gasteiger charge is 2.20. The van der Waals surface area contributed by atoms with Crippen LogP contribution in [0.5, 0.6) is 0 Å². The lowest BCUT2D eigenvalue weighted by Gasteiger charge is -2.19. The second kappa shape index (κ2) is 5.52. The van der Waals surface area contributed by atoms with Gasteiger partial charge in [-0.15, -0.1) is 13.2 Å². The van der Waals surface area contributed by atoms with Crippen LogP contribution in [-0.2, 0) is 11.2 Å². The molecule has 0 unspecified atom stereocenters. The summed E-state index contributed by atoms with van der Waals surface area (Å²) < 4.78 is 0. The SMILES string of the molecule is C=CCN(CC=C)C(=O)c1ccc2c(c1)NC(=O)C2. The van der Waals surface area contributed by atoms with Gasteiger partial charge in [-0.1, -0.05) is 18.2 Å². The van der Waals surface area contributed by atoms with E-state index in [1.54, 1.807) is 29.2 Å². The molecule has 1 aliphatic heterocycles. The molecule has 2 rings (SSSR count). The average molecular weight is 256 g/mol. The van der Waals surface area contributed by atoms with Crippen LogP contribution >= 0.6 is 0 Å².